The molecule has 2 aliphatic carbocycles. The molecule has 1 aromatic heterocycles. The van der Waals surface area contributed by atoms with E-state index in [0.717, 1.165) is 18.0 Å². The number of imidazole rings is 1. The summed E-state index contributed by atoms with van der Waals surface area (Å²) in [4.78, 5) is 16.7. The standard InChI is InChI=1S/C15H23N3OS/c1-11(14(19)17-12-5-3-2-4-6-12)20-15-16-9-10-18(15)13-7-8-13/h9-13H,2-8H2,1H3,(H,17,19). The molecule has 2 saturated carbocycles. The highest BCUT2D eigenvalue weighted by Gasteiger charge is 2.27. The molecule has 1 aromatic rings. The van der Waals surface area contributed by atoms with Crippen LogP contribution in [0.1, 0.15) is 57.9 Å². The molecule has 1 unspecified atom stereocenters. The van der Waals surface area contributed by atoms with Crippen LogP contribution in [0.5, 0.6) is 0 Å². The predicted molar refractivity (Wildman–Crippen MR) is 80.8 cm³/mol. The fourth-order valence-corrected chi connectivity index (χ4v) is 3.74. The third-order valence-corrected chi connectivity index (χ3v) is 5.27. The smallest absolute Gasteiger partial charge is 0.233 e. The van der Waals surface area contributed by atoms with Crippen molar-refractivity contribution < 1.29 is 4.79 Å². The van der Waals surface area contributed by atoms with E-state index < -0.39 is 0 Å². The van der Waals surface area contributed by atoms with E-state index in [4.69, 9.17) is 0 Å². The average Bonchev–Trinajstić information content (AvgIpc) is 3.20. The second-order valence-electron chi connectivity index (χ2n) is 5.95. The number of nitrogens with one attached hydrogen (secondary N) is 1. The lowest BCUT2D eigenvalue weighted by Gasteiger charge is -2.24. The van der Waals surface area contributed by atoms with Gasteiger partial charge in [0.05, 0.1) is 5.25 Å². The molecule has 1 N–H and O–H groups in total. The Balaban J connectivity index is 1.53. The minimum Gasteiger partial charge on any atom is -0.352 e. The summed E-state index contributed by atoms with van der Waals surface area (Å²) in [6.07, 6.45) is 12.4. The molecule has 0 aromatic carbocycles. The average molecular weight is 293 g/mol. The SMILES string of the molecule is CC(Sc1nccn1C1CC1)C(=O)NC1CCCCC1. The van der Waals surface area contributed by atoms with Crippen molar-refractivity contribution in [3.05, 3.63) is 12.4 Å². The van der Waals surface area contributed by atoms with Crippen LogP contribution in [-0.2, 0) is 4.79 Å². The number of carbonyl (C=O) groups excluding carboxylic acids is 1. The number of hydrogen-bond acceptors (Lipinski definition) is 3. The van der Waals surface area contributed by atoms with Gasteiger partial charge in [0.2, 0.25) is 5.91 Å². The first kappa shape index (κ1) is 14.0. The maximum absolute atomic E-state index is 12.3. The van der Waals surface area contributed by atoms with Crippen LogP contribution < -0.4 is 5.32 Å². The largest absolute Gasteiger partial charge is 0.352 e. The van der Waals surface area contributed by atoms with Gasteiger partial charge in [-0.15, -0.1) is 0 Å². The van der Waals surface area contributed by atoms with Crippen LogP contribution in [0.3, 0.4) is 0 Å². The van der Waals surface area contributed by atoms with E-state index >= 15 is 0 Å². The Kier molecular flexibility index (Phi) is 4.34. The molecule has 3 rings (SSSR count). The minimum atomic E-state index is -0.0724. The summed E-state index contributed by atoms with van der Waals surface area (Å²) in [6.45, 7) is 1.98. The van der Waals surface area contributed by atoms with Crippen molar-refractivity contribution in [2.45, 2.75) is 74.4 Å². The normalized spacial score (nSPS) is 21.6. The molecule has 5 heteroatoms. The summed E-state index contributed by atoms with van der Waals surface area (Å²) in [5.74, 6) is 0.159. The Morgan fingerprint density at radius 2 is 2.10 bits per heavy atom. The van der Waals surface area contributed by atoms with Crippen LogP contribution in [0.15, 0.2) is 17.6 Å². The number of rotatable bonds is 5. The maximum Gasteiger partial charge on any atom is 0.233 e. The molecule has 1 atom stereocenters. The third-order valence-electron chi connectivity index (χ3n) is 4.18. The second-order valence-corrected chi connectivity index (χ2v) is 7.26. The van der Waals surface area contributed by atoms with Crippen LogP contribution in [0.25, 0.3) is 0 Å². The molecule has 2 fully saturated rings. The number of thioether (sulfide) groups is 1. The van der Waals surface area contributed by atoms with Gasteiger partial charge < -0.3 is 9.88 Å². The van der Waals surface area contributed by atoms with Gasteiger partial charge >= 0.3 is 0 Å². The van der Waals surface area contributed by atoms with Crippen LogP contribution in [-0.4, -0.2) is 26.8 Å². The van der Waals surface area contributed by atoms with Gasteiger partial charge in [0.25, 0.3) is 0 Å². The quantitative estimate of drug-likeness (QED) is 0.848. The number of aromatic nitrogens is 2. The summed E-state index contributed by atoms with van der Waals surface area (Å²) in [7, 11) is 0. The summed E-state index contributed by atoms with van der Waals surface area (Å²) in [5.41, 5.74) is 0. The van der Waals surface area contributed by atoms with Gasteiger partial charge in [0.1, 0.15) is 0 Å². The van der Waals surface area contributed by atoms with Crippen molar-refractivity contribution in [3.63, 3.8) is 0 Å². The molecule has 0 saturated heterocycles. The highest BCUT2D eigenvalue weighted by atomic mass is 32.2. The molecule has 20 heavy (non-hydrogen) atoms. The molecule has 0 radical (unpaired) electrons. The minimum absolute atomic E-state index is 0.0724. The van der Waals surface area contributed by atoms with Gasteiger partial charge in [-0.05, 0) is 32.6 Å². The molecular formula is C15H23N3OS. The highest BCUT2D eigenvalue weighted by Crippen LogP contribution is 2.38. The first-order valence-electron chi connectivity index (χ1n) is 7.74. The first-order valence-corrected chi connectivity index (χ1v) is 8.62. The monoisotopic (exact) mass is 293 g/mol. The van der Waals surface area contributed by atoms with E-state index in [9.17, 15) is 4.79 Å². The molecule has 0 bridgehead atoms. The van der Waals surface area contributed by atoms with Crippen molar-refractivity contribution >= 4 is 17.7 Å². The number of hydrogen-bond donors (Lipinski definition) is 1. The van der Waals surface area contributed by atoms with E-state index in [1.54, 1.807) is 11.8 Å². The highest BCUT2D eigenvalue weighted by molar-refractivity contribution is 8.00. The molecular weight excluding hydrogens is 270 g/mol. The van der Waals surface area contributed by atoms with E-state index in [0.29, 0.717) is 12.1 Å². The number of carbonyl (C=O) groups is 1. The summed E-state index contributed by atoms with van der Waals surface area (Å²) in [6, 6.07) is 1.01. The summed E-state index contributed by atoms with van der Waals surface area (Å²) in [5, 5.41) is 4.11. The first-order chi connectivity index (χ1) is 9.74. The van der Waals surface area contributed by atoms with Crippen molar-refractivity contribution in [2.75, 3.05) is 0 Å². The van der Waals surface area contributed by atoms with Gasteiger partial charge in [0, 0.05) is 24.5 Å². The topological polar surface area (TPSA) is 46.9 Å². The van der Waals surface area contributed by atoms with E-state index in [2.05, 4.69) is 14.9 Å². The second kappa shape index (κ2) is 6.20. The summed E-state index contributed by atoms with van der Waals surface area (Å²) < 4.78 is 2.22. The zero-order chi connectivity index (χ0) is 13.9. The van der Waals surface area contributed by atoms with Crippen LogP contribution in [0, 0.1) is 0 Å². The number of amides is 1. The Morgan fingerprint density at radius 3 is 2.80 bits per heavy atom. The van der Waals surface area contributed by atoms with Gasteiger partial charge in [-0.3, -0.25) is 4.79 Å². The van der Waals surface area contributed by atoms with E-state index in [-0.39, 0.29) is 11.2 Å². The van der Waals surface area contributed by atoms with Crippen molar-refractivity contribution in [3.8, 4) is 0 Å². The molecule has 4 nitrogen and oxygen atoms in total. The van der Waals surface area contributed by atoms with Crippen molar-refractivity contribution in [1.29, 1.82) is 0 Å². The Morgan fingerprint density at radius 1 is 1.35 bits per heavy atom. The van der Waals surface area contributed by atoms with Crippen molar-refractivity contribution in [2.24, 2.45) is 0 Å². The molecule has 1 amide bonds. The van der Waals surface area contributed by atoms with Crippen LogP contribution in [0.4, 0.5) is 0 Å². The van der Waals surface area contributed by atoms with Gasteiger partial charge in [-0.25, -0.2) is 4.98 Å². The Hall–Kier alpha value is -0.970. The summed E-state index contributed by atoms with van der Waals surface area (Å²) >= 11 is 1.58. The fourth-order valence-electron chi connectivity index (χ4n) is 2.80. The molecule has 0 spiro atoms. The van der Waals surface area contributed by atoms with E-state index in [1.807, 2.05) is 19.3 Å². The number of nitrogens with zero attached hydrogens (tertiary/aromatic N) is 2. The third kappa shape index (κ3) is 3.37. The Labute approximate surface area is 124 Å². The van der Waals surface area contributed by atoms with Gasteiger partial charge in [0.15, 0.2) is 5.16 Å². The zero-order valence-corrected chi connectivity index (χ0v) is 12.9. The lowest BCUT2D eigenvalue weighted by Crippen LogP contribution is -2.40. The van der Waals surface area contributed by atoms with Gasteiger partial charge in [-0.1, -0.05) is 31.0 Å². The molecule has 110 valence electrons. The van der Waals surface area contributed by atoms with E-state index in [1.165, 1.54) is 32.1 Å². The zero-order valence-electron chi connectivity index (χ0n) is 12.0. The maximum atomic E-state index is 12.3. The Bertz CT molecular complexity index is 463. The molecule has 0 aliphatic heterocycles. The predicted octanol–water partition coefficient (Wildman–Crippen LogP) is 3.15. The fraction of sp³-hybridized carbons (Fsp3) is 0.733. The van der Waals surface area contributed by atoms with Gasteiger partial charge in [-0.2, -0.15) is 0 Å². The lowest BCUT2D eigenvalue weighted by molar-refractivity contribution is -0.121. The van der Waals surface area contributed by atoms with Crippen LogP contribution >= 0.6 is 11.8 Å². The molecule has 1 heterocycles. The lowest BCUT2D eigenvalue weighted by atomic mass is 9.95. The molecule has 2 aliphatic rings. The van der Waals surface area contributed by atoms with Crippen LogP contribution in [0.2, 0.25) is 0 Å². The van der Waals surface area contributed by atoms with Crippen molar-refractivity contribution in [1.82, 2.24) is 14.9 Å².